The lowest BCUT2D eigenvalue weighted by Crippen LogP contribution is -2.21. The number of hydrogen-bond donors (Lipinski definition) is 3. The van der Waals surface area contributed by atoms with E-state index in [0.29, 0.717) is 22.2 Å². The van der Waals surface area contributed by atoms with Gasteiger partial charge in [0.2, 0.25) is 0 Å². The summed E-state index contributed by atoms with van der Waals surface area (Å²) >= 11 is 0. The van der Waals surface area contributed by atoms with Gasteiger partial charge in [-0.05, 0) is 62.5 Å². The highest BCUT2D eigenvalue weighted by Gasteiger charge is 2.25. The molecule has 3 N–H and O–H groups in total. The minimum atomic E-state index is -1.14. The van der Waals surface area contributed by atoms with Crippen LogP contribution in [0.4, 0.5) is 0 Å². The van der Waals surface area contributed by atoms with Gasteiger partial charge in [-0.25, -0.2) is 9.78 Å². The van der Waals surface area contributed by atoms with Crippen molar-refractivity contribution in [1.29, 1.82) is 0 Å². The zero-order chi connectivity index (χ0) is 24.2. The summed E-state index contributed by atoms with van der Waals surface area (Å²) in [5.74, 6) is -1.42. The number of para-hydroxylation sites is 1. The highest BCUT2D eigenvalue weighted by molar-refractivity contribution is 6.09. The number of aromatic carboxylic acids is 1. The van der Waals surface area contributed by atoms with Crippen LogP contribution in [0.2, 0.25) is 0 Å². The molecule has 1 aliphatic rings. The van der Waals surface area contributed by atoms with Crippen molar-refractivity contribution >= 4 is 27.8 Å². The van der Waals surface area contributed by atoms with Crippen molar-refractivity contribution in [3.63, 3.8) is 0 Å². The summed E-state index contributed by atoms with van der Waals surface area (Å²) in [6.45, 7) is 10.1. The molecule has 6 nitrogen and oxygen atoms in total. The molecule has 0 spiro atoms. The molecule has 0 amide bonds. The van der Waals surface area contributed by atoms with Crippen LogP contribution in [0.1, 0.15) is 55.1 Å². The lowest BCUT2D eigenvalue weighted by Gasteiger charge is -2.19. The highest BCUT2D eigenvalue weighted by atomic mass is 16.4. The number of fused-ring (bicyclic) bond motifs is 4. The summed E-state index contributed by atoms with van der Waals surface area (Å²) in [5.41, 5.74) is 4.91. The number of nitrogens with one attached hydrogen (secondary N) is 1. The molecule has 6 heteroatoms. The molecule has 2 aromatic heterocycles. The van der Waals surface area contributed by atoms with E-state index in [1.54, 1.807) is 12.3 Å². The number of nitrogens with zero attached hydrogens (tertiary/aromatic N) is 2. The van der Waals surface area contributed by atoms with Crippen LogP contribution in [-0.4, -0.2) is 50.7 Å². The van der Waals surface area contributed by atoms with Gasteiger partial charge in [0.1, 0.15) is 11.3 Å². The number of pyridine rings is 1. The first-order chi connectivity index (χ1) is 16.5. The average Bonchev–Trinajstić information content (AvgIpc) is 3.28. The zero-order valence-electron chi connectivity index (χ0n) is 20.2. The summed E-state index contributed by atoms with van der Waals surface area (Å²) in [4.78, 5) is 22.3. The summed E-state index contributed by atoms with van der Waals surface area (Å²) in [5, 5.41) is 22.1. The van der Waals surface area contributed by atoms with E-state index < -0.39 is 5.97 Å². The van der Waals surface area contributed by atoms with Gasteiger partial charge >= 0.3 is 5.97 Å². The summed E-state index contributed by atoms with van der Waals surface area (Å²) in [6, 6.07) is 11.5. The Labute approximate surface area is 200 Å². The maximum absolute atomic E-state index is 12.0. The number of carbonyl (C=O) groups is 1. The number of rotatable bonds is 5. The summed E-state index contributed by atoms with van der Waals surface area (Å²) < 4.78 is 0. The Morgan fingerprint density at radius 3 is 2.38 bits per heavy atom. The molecular formula is C28H33N3O3. The van der Waals surface area contributed by atoms with Gasteiger partial charge in [-0.2, -0.15) is 0 Å². The topological polar surface area (TPSA) is 89.5 Å². The number of carboxylic acids is 1. The SMILES string of the molecule is CCN(CC)CC.O=C(O)c1c(O)c(-c2c[nH]c3ccccc23)nc2c3c(ccc12)CCCC3. The summed E-state index contributed by atoms with van der Waals surface area (Å²) in [6.07, 6.45) is 5.85. The van der Waals surface area contributed by atoms with Gasteiger partial charge in [0.15, 0.2) is 5.75 Å². The second kappa shape index (κ2) is 10.3. The Morgan fingerprint density at radius 2 is 1.71 bits per heavy atom. The number of carboxylic acid groups (broad SMARTS) is 1. The van der Waals surface area contributed by atoms with Crippen molar-refractivity contribution in [3.05, 3.63) is 59.3 Å². The number of aromatic amines is 1. The largest absolute Gasteiger partial charge is 0.505 e. The van der Waals surface area contributed by atoms with Crippen molar-refractivity contribution in [2.75, 3.05) is 19.6 Å². The van der Waals surface area contributed by atoms with Gasteiger partial charge in [0, 0.05) is 28.0 Å². The van der Waals surface area contributed by atoms with Gasteiger partial charge in [-0.15, -0.1) is 0 Å². The predicted molar refractivity (Wildman–Crippen MR) is 138 cm³/mol. The molecule has 2 heterocycles. The smallest absolute Gasteiger partial charge is 0.340 e. The van der Waals surface area contributed by atoms with Gasteiger partial charge < -0.3 is 20.1 Å². The van der Waals surface area contributed by atoms with E-state index in [1.807, 2.05) is 30.3 Å². The second-order valence-corrected chi connectivity index (χ2v) is 8.66. The van der Waals surface area contributed by atoms with Crippen LogP contribution in [0, 0.1) is 0 Å². The lowest BCUT2D eigenvalue weighted by molar-refractivity contribution is 0.0696. The van der Waals surface area contributed by atoms with Crippen LogP contribution >= 0.6 is 0 Å². The van der Waals surface area contributed by atoms with Crippen molar-refractivity contribution in [2.45, 2.75) is 46.5 Å². The molecule has 1 aliphatic carbocycles. The number of benzene rings is 2. The molecular weight excluding hydrogens is 426 g/mol. The van der Waals surface area contributed by atoms with Gasteiger partial charge in [-0.1, -0.05) is 51.1 Å². The molecule has 0 aliphatic heterocycles. The molecule has 0 unspecified atom stereocenters. The van der Waals surface area contributed by atoms with E-state index in [9.17, 15) is 15.0 Å². The van der Waals surface area contributed by atoms with Crippen molar-refractivity contribution < 1.29 is 15.0 Å². The van der Waals surface area contributed by atoms with Crippen molar-refractivity contribution in [1.82, 2.24) is 14.9 Å². The van der Waals surface area contributed by atoms with Crippen LogP contribution in [0.15, 0.2) is 42.6 Å². The van der Waals surface area contributed by atoms with E-state index in [-0.39, 0.29) is 11.3 Å². The number of aromatic hydroxyl groups is 1. The normalized spacial score (nSPS) is 13.1. The molecule has 4 aromatic rings. The highest BCUT2D eigenvalue weighted by Crippen LogP contribution is 2.40. The minimum Gasteiger partial charge on any atom is -0.505 e. The van der Waals surface area contributed by atoms with Crippen LogP contribution in [0.5, 0.6) is 5.75 Å². The molecule has 0 atom stereocenters. The van der Waals surface area contributed by atoms with Crippen LogP contribution in [0.25, 0.3) is 33.1 Å². The lowest BCUT2D eigenvalue weighted by atomic mass is 9.88. The Hall–Kier alpha value is -3.38. The fourth-order valence-electron chi connectivity index (χ4n) is 4.89. The molecule has 178 valence electrons. The molecule has 0 radical (unpaired) electrons. The zero-order valence-corrected chi connectivity index (χ0v) is 20.2. The van der Waals surface area contributed by atoms with Gasteiger partial charge in [0.05, 0.1) is 5.52 Å². The first kappa shape index (κ1) is 23.8. The van der Waals surface area contributed by atoms with E-state index in [4.69, 9.17) is 4.98 Å². The molecule has 34 heavy (non-hydrogen) atoms. The van der Waals surface area contributed by atoms with Gasteiger partial charge in [-0.3, -0.25) is 0 Å². The molecule has 0 saturated heterocycles. The molecule has 0 bridgehead atoms. The van der Waals surface area contributed by atoms with Crippen LogP contribution in [0.3, 0.4) is 0 Å². The monoisotopic (exact) mass is 459 g/mol. The van der Waals surface area contributed by atoms with Crippen LogP contribution in [-0.2, 0) is 12.8 Å². The second-order valence-electron chi connectivity index (χ2n) is 8.66. The Morgan fingerprint density at radius 1 is 1.00 bits per heavy atom. The maximum atomic E-state index is 12.0. The first-order valence-electron chi connectivity index (χ1n) is 12.2. The third-order valence-electron chi connectivity index (χ3n) is 6.86. The Kier molecular flexibility index (Phi) is 7.17. The van der Waals surface area contributed by atoms with Crippen LogP contribution < -0.4 is 0 Å². The van der Waals surface area contributed by atoms with Gasteiger partial charge in [0.25, 0.3) is 0 Å². The standard InChI is InChI=1S/C22H18N2O3.C6H15N/c25-21-18(22(26)27)15-10-9-12-5-1-2-6-13(12)19(15)24-20(21)16-11-23-17-8-4-3-7-14(16)17;1-4-7(5-2)6-3/h3-4,7-11,23,25H,1-2,5-6H2,(H,26,27);4-6H2,1-3H3. The predicted octanol–water partition coefficient (Wildman–Crippen LogP) is 6.01. The fraction of sp³-hybridized carbons (Fsp3) is 0.357. The van der Waals surface area contributed by atoms with E-state index in [0.717, 1.165) is 42.1 Å². The van der Waals surface area contributed by atoms with Crippen molar-refractivity contribution in [2.24, 2.45) is 0 Å². The minimum absolute atomic E-state index is 0.0753. The van der Waals surface area contributed by atoms with E-state index >= 15 is 0 Å². The molecule has 0 fully saturated rings. The third kappa shape index (κ3) is 4.38. The molecule has 0 saturated carbocycles. The number of hydrogen-bond acceptors (Lipinski definition) is 4. The number of H-pyrrole nitrogens is 1. The third-order valence-corrected chi connectivity index (χ3v) is 6.86. The molecule has 5 rings (SSSR count). The summed E-state index contributed by atoms with van der Waals surface area (Å²) in [7, 11) is 0. The Balaban J connectivity index is 0.000000344. The Bertz CT molecular complexity index is 1320. The number of aryl methyl sites for hydroxylation is 2. The average molecular weight is 460 g/mol. The quantitative estimate of drug-likeness (QED) is 0.340. The van der Waals surface area contributed by atoms with Crippen molar-refractivity contribution in [3.8, 4) is 17.0 Å². The maximum Gasteiger partial charge on any atom is 0.340 e. The fourth-order valence-corrected chi connectivity index (χ4v) is 4.89. The molecule has 2 aromatic carbocycles. The van der Waals surface area contributed by atoms with E-state index in [2.05, 4.69) is 30.7 Å². The first-order valence-corrected chi connectivity index (χ1v) is 12.2. The number of aromatic nitrogens is 2. The van der Waals surface area contributed by atoms with E-state index in [1.165, 1.54) is 25.2 Å².